The SMILES string of the molecule is CC(=O)Nc1ccc(SCC(=O)NN2C(=O)N[C@](C)(c3ccccc3)C2=O)cc1. The van der Waals surface area contributed by atoms with Crippen molar-refractivity contribution >= 4 is 41.2 Å². The van der Waals surface area contributed by atoms with Crippen molar-refractivity contribution in [2.75, 3.05) is 11.1 Å². The fourth-order valence-electron chi connectivity index (χ4n) is 2.85. The largest absolute Gasteiger partial charge is 0.344 e. The van der Waals surface area contributed by atoms with E-state index in [2.05, 4.69) is 16.1 Å². The van der Waals surface area contributed by atoms with Crippen molar-refractivity contribution in [3.8, 4) is 0 Å². The van der Waals surface area contributed by atoms with Crippen molar-refractivity contribution in [3.05, 3.63) is 60.2 Å². The summed E-state index contributed by atoms with van der Waals surface area (Å²) < 4.78 is 0. The Kier molecular flexibility index (Phi) is 5.88. The van der Waals surface area contributed by atoms with Crippen LogP contribution in [0.25, 0.3) is 0 Å². The molecule has 3 N–H and O–H groups in total. The second-order valence-electron chi connectivity index (χ2n) is 6.59. The van der Waals surface area contributed by atoms with Gasteiger partial charge in [-0.15, -0.1) is 11.8 Å². The Morgan fingerprint density at radius 3 is 2.34 bits per heavy atom. The molecule has 0 aliphatic carbocycles. The van der Waals surface area contributed by atoms with Crippen molar-refractivity contribution in [3.63, 3.8) is 0 Å². The maximum Gasteiger partial charge on any atom is 0.344 e. The Labute approximate surface area is 172 Å². The smallest absolute Gasteiger partial charge is 0.326 e. The Hall–Kier alpha value is -3.33. The van der Waals surface area contributed by atoms with Crippen LogP contribution >= 0.6 is 11.8 Å². The van der Waals surface area contributed by atoms with Crippen LogP contribution in [0.1, 0.15) is 19.4 Å². The van der Waals surface area contributed by atoms with Crippen molar-refractivity contribution in [1.29, 1.82) is 0 Å². The molecular weight excluding hydrogens is 392 g/mol. The van der Waals surface area contributed by atoms with Crippen LogP contribution in [-0.2, 0) is 19.9 Å². The van der Waals surface area contributed by atoms with E-state index < -0.39 is 23.4 Å². The Balaban J connectivity index is 1.58. The number of thioether (sulfide) groups is 1. The molecule has 0 saturated carbocycles. The molecule has 1 atom stereocenters. The fourth-order valence-corrected chi connectivity index (χ4v) is 3.54. The number of nitrogens with one attached hydrogen (secondary N) is 3. The van der Waals surface area contributed by atoms with E-state index in [1.165, 1.54) is 18.7 Å². The minimum atomic E-state index is -1.24. The lowest BCUT2D eigenvalue weighted by Gasteiger charge is -2.22. The number of nitrogens with zero attached hydrogens (tertiary/aromatic N) is 1. The van der Waals surface area contributed by atoms with Crippen LogP contribution in [0.2, 0.25) is 0 Å². The zero-order valence-electron chi connectivity index (χ0n) is 15.9. The van der Waals surface area contributed by atoms with E-state index >= 15 is 0 Å². The monoisotopic (exact) mass is 412 g/mol. The number of urea groups is 1. The van der Waals surface area contributed by atoms with E-state index in [0.717, 1.165) is 9.90 Å². The highest BCUT2D eigenvalue weighted by molar-refractivity contribution is 8.00. The summed E-state index contributed by atoms with van der Waals surface area (Å²) in [6.07, 6.45) is 0. The standard InChI is InChI=1S/C20H20N4O4S/c1-13(25)21-15-8-10-16(11-9-15)29-12-17(26)23-24-18(27)20(2,22-19(24)28)14-6-4-3-5-7-14/h3-11H,12H2,1-2H3,(H,21,25)(H,22,28)(H,23,26)/t20-/m1/s1. The highest BCUT2D eigenvalue weighted by atomic mass is 32.2. The van der Waals surface area contributed by atoms with Gasteiger partial charge in [-0.1, -0.05) is 30.3 Å². The van der Waals surface area contributed by atoms with Crippen molar-refractivity contribution < 1.29 is 19.2 Å². The second kappa shape index (κ2) is 8.36. The normalized spacial score (nSPS) is 18.3. The summed E-state index contributed by atoms with van der Waals surface area (Å²) in [4.78, 5) is 49.1. The third-order valence-corrected chi connectivity index (χ3v) is 5.34. The molecule has 1 aliphatic heterocycles. The molecule has 1 saturated heterocycles. The van der Waals surface area contributed by atoms with Crippen LogP contribution in [0.3, 0.4) is 0 Å². The van der Waals surface area contributed by atoms with Gasteiger partial charge in [0, 0.05) is 17.5 Å². The number of carbonyl (C=O) groups excluding carboxylic acids is 4. The van der Waals surface area contributed by atoms with Gasteiger partial charge in [0.1, 0.15) is 5.54 Å². The van der Waals surface area contributed by atoms with E-state index in [-0.39, 0.29) is 11.7 Å². The molecule has 2 aromatic carbocycles. The van der Waals surface area contributed by atoms with E-state index in [4.69, 9.17) is 0 Å². The van der Waals surface area contributed by atoms with Gasteiger partial charge < -0.3 is 10.6 Å². The van der Waals surface area contributed by atoms with Gasteiger partial charge in [0.15, 0.2) is 0 Å². The minimum absolute atomic E-state index is 0.0125. The van der Waals surface area contributed by atoms with Gasteiger partial charge in [0.2, 0.25) is 11.8 Å². The lowest BCUT2D eigenvalue weighted by atomic mass is 9.92. The summed E-state index contributed by atoms with van der Waals surface area (Å²) in [5, 5.41) is 6.01. The number of imide groups is 1. The molecule has 150 valence electrons. The molecule has 9 heteroatoms. The topological polar surface area (TPSA) is 108 Å². The van der Waals surface area contributed by atoms with Gasteiger partial charge in [0.25, 0.3) is 5.91 Å². The Morgan fingerprint density at radius 1 is 1.07 bits per heavy atom. The maximum absolute atomic E-state index is 12.8. The summed E-state index contributed by atoms with van der Waals surface area (Å²) in [5.41, 5.74) is 2.41. The van der Waals surface area contributed by atoms with Gasteiger partial charge in [-0.05, 0) is 36.8 Å². The van der Waals surface area contributed by atoms with Crippen LogP contribution in [0.5, 0.6) is 0 Å². The van der Waals surface area contributed by atoms with Gasteiger partial charge in [0.05, 0.1) is 5.75 Å². The van der Waals surface area contributed by atoms with Crippen molar-refractivity contribution in [1.82, 2.24) is 15.8 Å². The zero-order valence-corrected chi connectivity index (χ0v) is 16.7. The van der Waals surface area contributed by atoms with Crippen LogP contribution in [-0.4, -0.2) is 34.5 Å². The highest BCUT2D eigenvalue weighted by Gasteiger charge is 2.49. The van der Waals surface area contributed by atoms with Crippen molar-refractivity contribution in [2.45, 2.75) is 24.3 Å². The molecule has 1 fully saturated rings. The molecule has 0 spiro atoms. The van der Waals surface area contributed by atoms with Crippen LogP contribution in [0, 0.1) is 0 Å². The van der Waals surface area contributed by atoms with E-state index in [1.807, 2.05) is 6.07 Å². The van der Waals surface area contributed by atoms with Crippen LogP contribution in [0.4, 0.5) is 10.5 Å². The molecule has 5 amide bonds. The highest BCUT2D eigenvalue weighted by Crippen LogP contribution is 2.27. The third-order valence-electron chi connectivity index (χ3n) is 4.32. The summed E-state index contributed by atoms with van der Waals surface area (Å²) in [7, 11) is 0. The number of carbonyl (C=O) groups is 4. The Morgan fingerprint density at radius 2 is 1.72 bits per heavy atom. The third kappa shape index (κ3) is 4.57. The number of hydrogen-bond acceptors (Lipinski definition) is 5. The summed E-state index contributed by atoms with van der Waals surface area (Å²) >= 11 is 1.24. The molecule has 0 radical (unpaired) electrons. The quantitative estimate of drug-likeness (QED) is 0.498. The lowest BCUT2D eigenvalue weighted by Crippen LogP contribution is -2.48. The van der Waals surface area contributed by atoms with Crippen LogP contribution in [0.15, 0.2) is 59.5 Å². The molecule has 29 heavy (non-hydrogen) atoms. The average molecular weight is 412 g/mol. The van der Waals surface area contributed by atoms with E-state index in [0.29, 0.717) is 11.3 Å². The molecule has 0 bridgehead atoms. The van der Waals surface area contributed by atoms with Crippen LogP contribution < -0.4 is 16.1 Å². The summed E-state index contributed by atoms with van der Waals surface area (Å²) in [6.45, 7) is 3.02. The number of anilines is 1. The van der Waals surface area contributed by atoms with Gasteiger partial charge >= 0.3 is 6.03 Å². The fraction of sp³-hybridized carbons (Fsp3) is 0.200. The maximum atomic E-state index is 12.8. The zero-order chi connectivity index (χ0) is 21.0. The predicted molar refractivity (Wildman–Crippen MR) is 109 cm³/mol. The molecule has 0 aromatic heterocycles. The first-order chi connectivity index (χ1) is 13.8. The van der Waals surface area contributed by atoms with Gasteiger partial charge in [-0.2, -0.15) is 5.01 Å². The minimum Gasteiger partial charge on any atom is -0.326 e. The summed E-state index contributed by atoms with van der Waals surface area (Å²) in [5.74, 6) is -1.19. The van der Waals surface area contributed by atoms with E-state index in [9.17, 15) is 19.2 Å². The molecule has 2 aromatic rings. The summed E-state index contributed by atoms with van der Waals surface area (Å²) in [6, 6.07) is 15.1. The molecule has 3 rings (SSSR count). The first kappa shape index (κ1) is 20.4. The molecule has 8 nitrogen and oxygen atoms in total. The van der Waals surface area contributed by atoms with Gasteiger partial charge in [-0.3, -0.25) is 19.8 Å². The number of hydrazine groups is 1. The molecule has 1 heterocycles. The second-order valence-corrected chi connectivity index (χ2v) is 7.64. The van der Waals surface area contributed by atoms with Gasteiger partial charge in [-0.25, -0.2) is 4.79 Å². The molecular formula is C20H20N4O4S. The lowest BCUT2D eigenvalue weighted by molar-refractivity contribution is -0.138. The number of hydrogen-bond donors (Lipinski definition) is 3. The number of amides is 5. The first-order valence-corrected chi connectivity index (χ1v) is 9.80. The average Bonchev–Trinajstić information content (AvgIpc) is 2.92. The number of rotatable bonds is 6. The molecule has 0 unspecified atom stereocenters. The van der Waals surface area contributed by atoms with E-state index in [1.54, 1.807) is 55.5 Å². The Bertz CT molecular complexity index is 949. The first-order valence-electron chi connectivity index (χ1n) is 8.82. The number of benzene rings is 2. The molecule has 1 aliphatic rings. The predicted octanol–water partition coefficient (Wildman–Crippen LogP) is 2.24. The van der Waals surface area contributed by atoms with Crippen molar-refractivity contribution in [2.24, 2.45) is 0 Å².